The minimum Gasteiger partial charge on any atom is -0.207 e. The molecular weight excluding hydrogens is 238 g/mol. The first-order valence-corrected chi connectivity index (χ1v) is 5.35. The quantitative estimate of drug-likeness (QED) is 0.702. The summed E-state index contributed by atoms with van der Waals surface area (Å²) in [6, 6.07) is 3.77. The van der Waals surface area contributed by atoms with E-state index in [0.717, 1.165) is 23.4 Å². The Kier molecular flexibility index (Phi) is 2.37. The summed E-state index contributed by atoms with van der Waals surface area (Å²) < 4.78 is 25.6. The number of alkyl halides is 1. The summed E-state index contributed by atoms with van der Waals surface area (Å²) >= 11 is 3.36. The molecule has 2 atom stereocenters. The van der Waals surface area contributed by atoms with Gasteiger partial charge in [-0.2, -0.15) is 0 Å². The van der Waals surface area contributed by atoms with E-state index in [0.29, 0.717) is 11.8 Å². The monoisotopic (exact) mass is 246 g/mol. The van der Waals surface area contributed by atoms with Crippen LogP contribution in [0, 0.1) is 17.6 Å². The van der Waals surface area contributed by atoms with Gasteiger partial charge in [-0.25, -0.2) is 8.78 Å². The average Bonchev–Trinajstić information content (AvgIpc) is 2.80. The Morgan fingerprint density at radius 1 is 1.23 bits per heavy atom. The summed E-state index contributed by atoms with van der Waals surface area (Å²) in [5.74, 6) is -0.0452. The summed E-state index contributed by atoms with van der Waals surface area (Å²) in [5, 5.41) is 0.912. The maximum Gasteiger partial charge on any atom is 0.126 e. The zero-order valence-corrected chi connectivity index (χ0v) is 8.52. The van der Waals surface area contributed by atoms with Crippen molar-refractivity contribution in [1.82, 2.24) is 0 Å². The molecule has 0 radical (unpaired) electrons. The van der Waals surface area contributed by atoms with Crippen LogP contribution >= 0.6 is 15.9 Å². The first-order chi connectivity index (χ1) is 6.20. The van der Waals surface area contributed by atoms with Crippen LogP contribution in [0.3, 0.4) is 0 Å². The normalized spacial score (nSPS) is 26.1. The lowest BCUT2D eigenvalue weighted by atomic mass is 10.1. The maximum atomic E-state index is 12.8. The third-order valence-electron chi connectivity index (χ3n) is 2.43. The maximum absolute atomic E-state index is 12.8. The molecular formula is C10H9BrF2. The fraction of sp³-hybridized carbons (Fsp3) is 0.400. The van der Waals surface area contributed by atoms with Crippen LogP contribution < -0.4 is 0 Å². The van der Waals surface area contributed by atoms with E-state index in [-0.39, 0.29) is 0 Å². The molecule has 0 spiro atoms. The van der Waals surface area contributed by atoms with Crippen LogP contribution in [0.2, 0.25) is 0 Å². The van der Waals surface area contributed by atoms with Crippen molar-refractivity contribution in [3.8, 4) is 0 Å². The van der Waals surface area contributed by atoms with Crippen molar-refractivity contribution in [3.05, 3.63) is 35.4 Å². The Bertz CT molecular complexity index is 304. The molecule has 1 aliphatic rings. The number of halogens is 3. The summed E-state index contributed by atoms with van der Waals surface area (Å²) in [6.07, 6.45) is 1.04. The van der Waals surface area contributed by atoms with Crippen molar-refractivity contribution in [3.63, 3.8) is 0 Å². The van der Waals surface area contributed by atoms with Gasteiger partial charge in [-0.05, 0) is 36.0 Å². The molecule has 1 aromatic carbocycles. The van der Waals surface area contributed by atoms with Gasteiger partial charge in [0.25, 0.3) is 0 Å². The highest BCUT2D eigenvalue weighted by molar-refractivity contribution is 9.09. The molecule has 70 valence electrons. The van der Waals surface area contributed by atoms with Crippen molar-refractivity contribution < 1.29 is 8.78 Å². The standard InChI is InChI=1S/C10H9BrF2/c11-5-7-3-10(7)6-1-8(12)4-9(13)2-6/h1-2,4,7,10H,3,5H2. The highest BCUT2D eigenvalue weighted by Gasteiger charge is 2.37. The van der Waals surface area contributed by atoms with E-state index >= 15 is 0 Å². The lowest BCUT2D eigenvalue weighted by Gasteiger charge is -1.99. The van der Waals surface area contributed by atoms with E-state index in [1.54, 1.807) is 0 Å². The Morgan fingerprint density at radius 3 is 2.31 bits per heavy atom. The Labute approximate surface area is 84.1 Å². The molecule has 0 N–H and O–H groups in total. The zero-order chi connectivity index (χ0) is 9.42. The molecule has 0 nitrogen and oxygen atoms in total. The highest BCUT2D eigenvalue weighted by atomic mass is 79.9. The largest absolute Gasteiger partial charge is 0.207 e. The predicted molar refractivity (Wildman–Crippen MR) is 51.0 cm³/mol. The molecule has 1 saturated carbocycles. The second-order valence-corrected chi connectivity index (χ2v) is 4.11. The van der Waals surface area contributed by atoms with E-state index in [1.807, 2.05) is 0 Å². The third kappa shape index (κ3) is 1.90. The topological polar surface area (TPSA) is 0 Å². The molecule has 0 bridgehead atoms. The first kappa shape index (κ1) is 9.13. The van der Waals surface area contributed by atoms with Crippen molar-refractivity contribution in [2.45, 2.75) is 12.3 Å². The molecule has 0 aromatic heterocycles. The molecule has 2 unspecified atom stereocenters. The van der Waals surface area contributed by atoms with Crippen LogP contribution in [0.15, 0.2) is 18.2 Å². The fourth-order valence-corrected chi connectivity index (χ4v) is 2.33. The SMILES string of the molecule is Fc1cc(F)cc(C2CC2CBr)c1. The van der Waals surface area contributed by atoms with Crippen LogP contribution in [-0.2, 0) is 0 Å². The minimum absolute atomic E-state index is 0.351. The van der Waals surface area contributed by atoms with Gasteiger partial charge in [-0.3, -0.25) is 0 Å². The van der Waals surface area contributed by atoms with Crippen LogP contribution in [0.4, 0.5) is 8.78 Å². The summed E-state index contributed by atoms with van der Waals surface area (Å²) in [4.78, 5) is 0. The molecule has 2 rings (SSSR count). The lowest BCUT2D eigenvalue weighted by Crippen LogP contribution is -1.88. The summed E-state index contributed by atoms with van der Waals surface area (Å²) in [7, 11) is 0. The van der Waals surface area contributed by atoms with Crippen LogP contribution in [-0.4, -0.2) is 5.33 Å². The van der Waals surface area contributed by atoms with E-state index in [1.165, 1.54) is 12.1 Å². The van der Waals surface area contributed by atoms with Gasteiger partial charge >= 0.3 is 0 Å². The fourth-order valence-electron chi connectivity index (χ4n) is 1.62. The van der Waals surface area contributed by atoms with Crippen molar-refractivity contribution >= 4 is 15.9 Å². The second-order valence-electron chi connectivity index (χ2n) is 3.46. The van der Waals surface area contributed by atoms with Gasteiger partial charge in [0.1, 0.15) is 11.6 Å². The van der Waals surface area contributed by atoms with Crippen molar-refractivity contribution in [2.24, 2.45) is 5.92 Å². The van der Waals surface area contributed by atoms with Crippen molar-refractivity contribution in [1.29, 1.82) is 0 Å². The molecule has 0 heterocycles. The number of hydrogen-bond donors (Lipinski definition) is 0. The van der Waals surface area contributed by atoms with Crippen molar-refractivity contribution in [2.75, 3.05) is 5.33 Å². The molecule has 13 heavy (non-hydrogen) atoms. The molecule has 0 saturated heterocycles. The molecule has 1 aliphatic carbocycles. The van der Waals surface area contributed by atoms with E-state index in [4.69, 9.17) is 0 Å². The molecule has 0 amide bonds. The van der Waals surface area contributed by atoms with E-state index < -0.39 is 11.6 Å². The van der Waals surface area contributed by atoms with Gasteiger partial charge in [0.05, 0.1) is 0 Å². The van der Waals surface area contributed by atoms with Crippen LogP contribution in [0.5, 0.6) is 0 Å². The highest BCUT2D eigenvalue weighted by Crippen LogP contribution is 2.48. The second kappa shape index (κ2) is 3.37. The van der Waals surface area contributed by atoms with Gasteiger partial charge in [-0.15, -0.1) is 0 Å². The predicted octanol–water partition coefficient (Wildman–Crippen LogP) is 3.46. The average molecular weight is 247 g/mol. The Hall–Kier alpha value is -0.440. The van der Waals surface area contributed by atoms with Gasteiger partial charge in [-0.1, -0.05) is 15.9 Å². The minimum atomic E-state index is -0.477. The Morgan fingerprint density at radius 2 is 1.85 bits per heavy atom. The van der Waals surface area contributed by atoms with Gasteiger partial charge in [0.15, 0.2) is 0 Å². The smallest absolute Gasteiger partial charge is 0.126 e. The molecule has 0 aliphatic heterocycles. The van der Waals surface area contributed by atoms with E-state index in [9.17, 15) is 8.78 Å². The zero-order valence-electron chi connectivity index (χ0n) is 6.93. The molecule has 3 heteroatoms. The first-order valence-electron chi connectivity index (χ1n) is 4.22. The lowest BCUT2D eigenvalue weighted by molar-refractivity contribution is 0.579. The van der Waals surface area contributed by atoms with Gasteiger partial charge < -0.3 is 0 Å². The summed E-state index contributed by atoms with van der Waals surface area (Å²) in [6.45, 7) is 0. The Balaban J connectivity index is 2.22. The van der Waals surface area contributed by atoms with Gasteiger partial charge in [0, 0.05) is 11.4 Å². The number of hydrogen-bond acceptors (Lipinski definition) is 0. The van der Waals surface area contributed by atoms with Crippen LogP contribution in [0.25, 0.3) is 0 Å². The summed E-state index contributed by atoms with van der Waals surface area (Å²) in [5.41, 5.74) is 0.793. The van der Waals surface area contributed by atoms with Gasteiger partial charge in [0.2, 0.25) is 0 Å². The molecule has 1 fully saturated rings. The third-order valence-corrected chi connectivity index (χ3v) is 3.27. The van der Waals surface area contributed by atoms with Crippen LogP contribution in [0.1, 0.15) is 17.9 Å². The number of rotatable bonds is 2. The van der Waals surface area contributed by atoms with E-state index in [2.05, 4.69) is 15.9 Å². The number of benzene rings is 1. The molecule has 1 aromatic rings.